The van der Waals surface area contributed by atoms with E-state index >= 15 is 0 Å². The Morgan fingerprint density at radius 2 is 1.30 bits per heavy atom. The molecule has 40 heavy (non-hydrogen) atoms. The van der Waals surface area contributed by atoms with E-state index in [4.69, 9.17) is 10.7 Å². The predicted octanol–water partition coefficient (Wildman–Crippen LogP) is 7.63. The van der Waals surface area contributed by atoms with Crippen LogP contribution in [-0.4, -0.2) is 20.8 Å². The van der Waals surface area contributed by atoms with Crippen molar-refractivity contribution >= 4 is 5.91 Å². The number of aromatic nitrogens is 2. The fourth-order valence-corrected chi connectivity index (χ4v) is 5.28. The number of primary amides is 1. The predicted molar refractivity (Wildman–Crippen MR) is 162 cm³/mol. The molecule has 0 aliphatic carbocycles. The highest BCUT2D eigenvalue weighted by Crippen LogP contribution is 2.39. The lowest BCUT2D eigenvalue weighted by atomic mass is 9.91. The van der Waals surface area contributed by atoms with Gasteiger partial charge in [-0.2, -0.15) is 0 Å². The molecule has 0 aliphatic heterocycles. The number of imidazole rings is 1. The normalized spacial score (nSPS) is 12.8. The molecule has 0 bridgehead atoms. The van der Waals surface area contributed by atoms with Crippen LogP contribution in [0.4, 0.5) is 0 Å². The number of benzene rings is 4. The first-order valence-corrected chi connectivity index (χ1v) is 13.9. The van der Waals surface area contributed by atoms with Crippen molar-refractivity contribution in [2.24, 2.45) is 11.7 Å². The maximum Gasteiger partial charge on any atom is 0.248 e. The number of nitrogens with one attached hydrogen (secondary N) is 1. The Morgan fingerprint density at radius 1 is 0.775 bits per heavy atom. The molecular weight excluding hydrogens is 492 g/mol. The number of carbonyl (C=O) groups is 1. The minimum Gasteiger partial charge on any atom is -0.366 e. The average molecular weight is 529 g/mol. The number of nitrogens with two attached hydrogens (primary N) is 1. The molecule has 202 valence electrons. The number of H-pyrrole nitrogens is 1. The molecule has 0 fully saturated rings. The van der Waals surface area contributed by atoms with Gasteiger partial charge in [-0.25, -0.2) is 4.98 Å². The minimum atomic E-state index is -0.413. The zero-order valence-electron chi connectivity index (χ0n) is 23.1. The molecule has 0 saturated heterocycles. The van der Waals surface area contributed by atoms with Gasteiger partial charge >= 0.3 is 0 Å². The van der Waals surface area contributed by atoms with Crippen LogP contribution in [0.1, 0.15) is 53.5 Å². The summed E-state index contributed by atoms with van der Waals surface area (Å²) in [6.45, 7) is 6.03. The number of carbonyl (C=O) groups excluding carboxylic acids is 1. The Balaban J connectivity index is 1.64. The monoisotopic (exact) mass is 528 g/mol. The fourth-order valence-electron chi connectivity index (χ4n) is 5.28. The summed E-state index contributed by atoms with van der Waals surface area (Å²) >= 11 is 0. The van der Waals surface area contributed by atoms with Gasteiger partial charge in [0.2, 0.25) is 5.91 Å². The molecule has 0 saturated carbocycles. The maximum atomic E-state index is 11.7. The lowest BCUT2D eigenvalue weighted by Gasteiger charge is -2.36. The highest BCUT2D eigenvalue weighted by atomic mass is 16.1. The Labute approximate surface area is 236 Å². The van der Waals surface area contributed by atoms with Gasteiger partial charge in [-0.3, -0.25) is 9.69 Å². The second-order valence-corrected chi connectivity index (χ2v) is 10.4. The van der Waals surface area contributed by atoms with Crippen molar-refractivity contribution in [1.29, 1.82) is 0 Å². The molecule has 0 aliphatic rings. The molecule has 5 heteroatoms. The Kier molecular flexibility index (Phi) is 8.53. The van der Waals surface area contributed by atoms with Gasteiger partial charge in [-0.05, 0) is 29.2 Å². The van der Waals surface area contributed by atoms with Gasteiger partial charge in [0.05, 0.1) is 17.4 Å². The van der Waals surface area contributed by atoms with Crippen molar-refractivity contribution in [2.45, 2.75) is 39.4 Å². The van der Waals surface area contributed by atoms with Gasteiger partial charge in [0.1, 0.15) is 5.82 Å². The van der Waals surface area contributed by atoms with Gasteiger partial charge in [-0.1, -0.05) is 123 Å². The Morgan fingerprint density at radius 3 is 1.85 bits per heavy atom. The number of amides is 1. The molecule has 1 heterocycles. The second-order valence-electron chi connectivity index (χ2n) is 10.4. The molecule has 1 aromatic heterocycles. The number of nitrogens with zero attached hydrogens (tertiary/aromatic N) is 2. The third kappa shape index (κ3) is 6.22. The van der Waals surface area contributed by atoms with Crippen molar-refractivity contribution in [3.63, 3.8) is 0 Å². The maximum absolute atomic E-state index is 11.7. The van der Waals surface area contributed by atoms with Crippen molar-refractivity contribution < 1.29 is 4.79 Å². The molecule has 5 rings (SSSR count). The molecule has 2 unspecified atom stereocenters. The largest absolute Gasteiger partial charge is 0.366 e. The summed E-state index contributed by atoms with van der Waals surface area (Å²) in [6.07, 6.45) is 1.00. The van der Waals surface area contributed by atoms with E-state index in [0.29, 0.717) is 18.0 Å². The quantitative estimate of drug-likeness (QED) is 0.185. The van der Waals surface area contributed by atoms with Crippen molar-refractivity contribution in [3.8, 4) is 22.6 Å². The molecule has 5 nitrogen and oxygen atoms in total. The number of hydrogen-bond donors (Lipinski definition) is 2. The van der Waals surface area contributed by atoms with Crippen LogP contribution in [0.2, 0.25) is 0 Å². The highest BCUT2D eigenvalue weighted by molar-refractivity contribution is 5.92. The second kappa shape index (κ2) is 12.6. The average Bonchev–Trinajstić information content (AvgIpc) is 3.44. The van der Waals surface area contributed by atoms with Crippen molar-refractivity contribution in [1.82, 2.24) is 14.9 Å². The van der Waals surface area contributed by atoms with E-state index in [-0.39, 0.29) is 6.04 Å². The molecule has 0 spiro atoms. The van der Waals surface area contributed by atoms with Crippen LogP contribution < -0.4 is 5.73 Å². The third-order valence-corrected chi connectivity index (χ3v) is 7.55. The van der Waals surface area contributed by atoms with E-state index in [1.807, 2.05) is 48.5 Å². The van der Waals surface area contributed by atoms with Gasteiger partial charge in [-0.15, -0.1) is 0 Å². The Hall–Kier alpha value is -4.48. The smallest absolute Gasteiger partial charge is 0.248 e. The first kappa shape index (κ1) is 27.1. The summed E-state index contributed by atoms with van der Waals surface area (Å²) in [5, 5.41) is 0. The number of aromatic amines is 1. The van der Waals surface area contributed by atoms with E-state index in [9.17, 15) is 4.79 Å². The summed E-state index contributed by atoms with van der Waals surface area (Å²) in [4.78, 5) is 23.2. The van der Waals surface area contributed by atoms with Crippen molar-refractivity contribution in [2.75, 3.05) is 0 Å². The van der Waals surface area contributed by atoms with E-state index in [1.165, 1.54) is 5.56 Å². The van der Waals surface area contributed by atoms with Gasteiger partial charge < -0.3 is 10.7 Å². The van der Waals surface area contributed by atoms with Crippen LogP contribution in [0, 0.1) is 5.92 Å². The van der Waals surface area contributed by atoms with Gasteiger partial charge in [0.25, 0.3) is 0 Å². The third-order valence-electron chi connectivity index (χ3n) is 7.55. The van der Waals surface area contributed by atoms with Crippen LogP contribution in [0.15, 0.2) is 115 Å². The topological polar surface area (TPSA) is 75.0 Å². The zero-order valence-corrected chi connectivity index (χ0v) is 23.1. The zero-order chi connectivity index (χ0) is 27.9. The van der Waals surface area contributed by atoms with E-state index in [0.717, 1.165) is 46.9 Å². The SMILES string of the molecule is CCC(C)C(c1[nH]c(-c2ccccc2)nc1-c1ccccc1)N(Cc1ccccc1)Cc1ccc(C(N)=O)cc1. The van der Waals surface area contributed by atoms with E-state index < -0.39 is 5.91 Å². The standard InChI is InChI=1S/C35H36N4O/c1-3-25(2)33(32-31(28-15-9-5-10-16-28)37-35(38-32)30-17-11-6-12-18-30)39(23-26-13-7-4-8-14-26)24-27-19-21-29(22-20-27)34(36)40/h4-22,25,33H,3,23-24H2,1-2H3,(H2,36,40)(H,37,38). The Bertz CT molecular complexity index is 1510. The molecule has 5 aromatic rings. The van der Waals surface area contributed by atoms with E-state index in [1.54, 1.807) is 0 Å². The molecular formula is C35H36N4O. The van der Waals surface area contributed by atoms with E-state index in [2.05, 4.69) is 90.5 Å². The molecule has 1 amide bonds. The minimum absolute atomic E-state index is 0.0567. The molecule has 4 aromatic carbocycles. The van der Waals surface area contributed by atoms with Crippen LogP contribution in [0.3, 0.4) is 0 Å². The summed E-state index contributed by atoms with van der Waals surface area (Å²) in [7, 11) is 0. The number of hydrogen-bond acceptors (Lipinski definition) is 3. The van der Waals surface area contributed by atoms with Crippen LogP contribution in [0.5, 0.6) is 0 Å². The number of rotatable bonds is 11. The molecule has 3 N–H and O–H groups in total. The first-order chi connectivity index (χ1) is 19.5. The lowest BCUT2D eigenvalue weighted by Crippen LogP contribution is -2.33. The van der Waals surface area contributed by atoms with Gasteiger partial charge in [0, 0.05) is 29.8 Å². The van der Waals surface area contributed by atoms with Gasteiger partial charge in [0.15, 0.2) is 0 Å². The molecule has 0 radical (unpaired) electrons. The van der Waals surface area contributed by atoms with Crippen LogP contribution in [0.25, 0.3) is 22.6 Å². The summed E-state index contributed by atoms with van der Waals surface area (Å²) in [5.41, 5.74) is 12.6. The summed E-state index contributed by atoms with van der Waals surface area (Å²) in [6, 6.07) is 39.0. The molecule has 2 atom stereocenters. The van der Waals surface area contributed by atoms with Crippen LogP contribution >= 0.6 is 0 Å². The van der Waals surface area contributed by atoms with Crippen molar-refractivity contribution in [3.05, 3.63) is 138 Å². The summed E-state index contributed by atoms with van der Waals surface area (Å²) < 4.78 is 0. The summed E-state index contributed by atoms with van der Waals surface area (Å²) in [5.74, 6) is 0.789. The highest BCUT2D eigenvalue weighted by Gasteiger charge is 2.31. The lowest BCUT2D eigenvalue weighted by molar-refractivity contribution is 0.1000. The first-order valence-electron chi connectivity index (χ1n) is 13.9. The fraction of sp³-hybridized carbons (Fsp3) is 0.200. The van der Waals surface area contributed by atoms with Crippen LogP contribution in [-0.2, 0) is 13.1 Å².